The summed E-state index contributed by atoms with van der Waals surface area (Å²) in [6, 6.07) is 0. The van der Waals surface area contributed by atoms with E-state index in [0.29, 0.717) is 12.5 Å². The monoisotopic (exact) mass is 250 g/mol. The molecule has 0 saturated heterocycles. The van der Waals surface area contributed by atoms with E-state index in [9.17, 15) is 0 Å². The summed E-state index contributed by atoms with van der Waals surface area (Å²) in [5, 5.41) is 11.5. The second-order valence-electron chi connectivity index (χ2n) is 5.72. The maximum absolute atomic E-state index is 5.83. The lowest BCUT2D eigenvalue weighted by molar-refractivity contribution is 0.502. The Balaban J connectivity index is 2.02. The van der Waals surface area contributed by atoms with Crippen molar-refractivity contribution in [3.05, 3.63) is 11.6 Å². The van der Waals surface area contributed by atoms with Crippen molar-refractivity contribution in [1.82, 2.24) is 20.1 Å². The van der Waals surface area contributed by atoms with Crippen LogP contribution < -0.4 is 11.1 Å². The Kier molecular flexibility index (Phi) is 3.54. The fraction of sp³-hybridized carbons (Fsp3) is 0.750. The Morgan fingerprint density at radius 2 is 2.17 bits per heavy atom. The number of hydrogen-bond donors (Lipinski definition) is 2. The number of aliphatic imine (C=N–C) groups is 1. The largest absolute Gasteiger partial charge is 0.370 e. The molecule has 0 unspecified atom stereocenters. The molecule has 1 aromatic rings. The molecule has 0 saturated carbocycles. The van der Waals surface area contributed by atoms with Gasteiger partial charge in [0, 0.05) is 18.5 Å². The van der Waals surface area contributed by atoms with Gasteiger partial charge in [0.15, 0.2) is 11.8 Å². The van der Waals surface area contributed by atoms with Crippen LogP contribution in [0.25, 0.3) is 0 Å². The molecule has 0 bridgehead atoms. The maximum Gasteiger partial charge on any atom is 0.189 e. The van der Waals surface area contributed by atoms with Crippen molar-refractivity contribution in [1.29, 1.82) is 0 Å². The zero-order chi connectivity index (χ0) is 13.2. The highest BCUT2D eigenvalue weighted by atomic mass is 15.3. The average molecular weight is 250 g/mol. The minimum atomic E-state index is -0.0716. The zero-order valence-electron chi connectivity index (χ0n) is 11.4. The van der Waals surface area contributed by atoms with E-state index < -0.39 is 0 Å². The highest BCUT2D eigenvalue weighted by Gasteiger charge is 2.15. The lowest BCUT2D eigenvalue weighted by atomic mass is 10.1. The molecule has 6 nitrogen and oxygen atoms in total. The fourth-order valence-corrected chi connectivity index (χ4v) is 2.07. The van der Waals surface area contributed by atoms with Gasteiger partial charge in [-0.1, -0.05) is 0 Å². The number of guanidine groups is 1. The number of aryl methyl sites for hydroxylation is 1. The second kappa shape index (κ2) is 4.96. The highest BCUT2D eigenvalue weighted by Crippen LogP contribution is 2.14. The first-order valence-corrected chi connectivity index (χ1v) is 6.45. The van der Waals surface area contributed by atoms with Gasteiger partial charge in [-0.05, 0) is 33.6 Å². The quantitative estimate of drug-likeness (QED) is 0.601. The van der Waals surface area contributed by atoms with E-state index in [4.69, 9.17) is 5.73 Å². The second-order valence-corrected chi connectivity index (χ2v) is 5.72. The number of fused-ring (bicyclic) bond motifs is 1. The van der Waals surface area contributed by atoms with Crippen molar-refractivity contribution >= 4 is 5.96 Å². The van der Waals surface area contributed by atoms with Crippen LogP contribution in [-0.4, -0.2) is 26.3 Å². The Labute approximate surface area is 108 Å². The van der Waals surface area contributed by atoms with Crippen molar-refractivity contribution < 1.29 is 0 Å². The molecule has 0 aliphatic carbocycles. The van der Waals surface area contributed by atoms with Crippen molar-refractivity contribution in [3.8, 4) is 0 Å². The SMILES string of the molecule is CC(C)(C)NC(N)=NCc1nnc2n1CCCC2. The molecule has 1 aliphatic heterocycles. The van der Waals surface area contributed by atoms with Gasteiger partial charge in [0.1, 0.15) is 12.4 Å². The topological polar surface area (TPSA) is 81.1 Å². The van der Waals surface area contributed by atoms with Crippen LogP contribution >= 0.6 is 0 Å². The number of aromatic nitrogens is 3. The molecule has 6 heteroatoms. The first kappa shape index (κ1) is 12.9. The van der Waals surface area contributed by atoms with E-state index in [1.807, 2.05) is 20.8 Å². The Bertz CT molecular complexity index is 440. The van der Waals surface area contributed by atoms with Gasteiger partial charge in [0.25, 0.3) is 0 Å². The average Bonchev–Trinajstić information content (AvgIpc) is 2.67. The molecular weight excluding hydrogens is 228 g/mol. The van der Waals surface area contributed by atoms with E-state index in [2.05, 4.69) is 25.1 Å². The minimum Gasteiger partial charge on any atom is -0.370 e. The van der Waals surface area contributed by atoms with Gasteiger partial charge in [-0.25, -0.2) is 4.99 Å². The van der Waals surface area contributed by atoms with E-state index in [-0.39, 0.29) is 5.54 Å². The van der Waals surface area contributed by atoms with Gasteiger partial charge in [0.05, 0.1) is 0 Å². The molecule has 1 aromatic heterocycles. The van der Waals surface area contributed by atoms with Crippen molar-refractivity contribution in [2.75, 3.05) is 0 Å². The van der Waals surface area contributed by atoms with Crippen molar-refractivity contribution in [2.24, 2.45) is 10.7 Å². The summed E-state index contributed by atoms with van der Waals surface area (Å²) >= 11 is 0. The highest BCUT2D eigenvalue weighted by molar-refractivity contribution is 5.78. The van der Waals surface area contributed by atoms with Crippen molar-refractivity contribution in [3.63, 3.8) is 0 Å². The third kappa shape index (κ3) is 3.21. The van der Waals surface area contributed by atoms with Crippen LogP contribution in [0.3, 0.4) is 0 Å². The molecule has 2 rings (SSSR count). The summed E-state index contributed by atoms with van der Waals surface area (Å²) in [7, 11) is 0. The summed E-state index contributed by atoms with van der Waals surface area (Å²) < 4.78 is 2.16. The first-order valence-electron chi connectivity index (χ1n) is 6.45. The molecule has 1 aliphatic rings. The minimum absolute atomic E-state index is 0.0716. The number of rotatable bonds is 2. The predicted molar refractivity (Wildman–Crippen MR) is 71.2 cm³/mol. The summed E-state index contributed by atoms with van der Waals surface area (Å²) in [5.41, 5.74) is 5.76. The molecule has 18 heavy (non-hydrogen) atoms. The number of nitrogens with one attached hydrogen (secondary N) is 1. The molecule has 0 aromatic carbocycles. The van der Waals surface area contributed by atoms with Crippen LogP contribution in [0.5, 0.6) is 0 Å². The molecule has 3 N–H and O–H groups in total. The van der Waals surface area contributed by atoms with Crippen LogP contribution in [0.2, 0.25) is 0 Å². The lowest BCUT2D eigenvalue weighted by Gasteiger charge is -2.21. The first-order chi connectivity index (χ1) is 8.46. The number of nitrogens with two attached hydrogens (primary N) is 1. The molecular formula is C12H22N6. The van der Waals surface area contributed by atoms with E-state index in [1.54, 1.807) is 0 Å². The summed E-state index contributed by atoms with van der Waals surface area (Å²) in [6.45, 7) is 7.64. The lowest BCUT2D eigenvalue weighted by Crippen LogP contribution is -2.45. The number of hydrogen-bond acceptors (Lipinski definition) is 3. The molecule has 100 valence electrons. The zero-order valence-corrected chi connectivity index (χ0v) is 11.4. The molecule has 0 radical (unpaired) electrons. The Hall–Kier alpha value is -1.59. The van der Waals surface area contributed by atoms with E-state index in [0.717, 1.165) is 24.6 Å². The summed E-state index contributed by atoms with van der Waals surface area (Å²) in [5.74, 6) is 2.44. The fourth-order valence-electron chi connectivity index (χ4n) is 2.07. The summed E-state index contributed by atoms with van der Waals surface area (Å²) in [6.07, 6.45) is 3.42. The number of nitrogens with zero attached hydrogens (tertiary/aromatic N) is 4. The molecule has 0 atom stereocenters. The van der Waals surface area contributed by atoms with Gasteiger partial charge in [-0.2, -0.15) is 0 Å². The van der Waals surface area contributed by atoms with E-state index in [1.165, 1.54) is 12.8 Å². The molecule has 0 spiro atoms. The van der Waals surface area contributed by atoms with Gasteiger partial charge >= 0.3 is 0 Å². The Morgan fingerprint density at radius 3 is 2.89 bits per heavy atom. The van der Waals surface area contributed by atoms with Crippen LogP contribution in [0, 0.1) is 0 Å². The third-order valence-electron chi connectivity index (χ3n) is 2.83. The van der Waals surface area contributed by atoms with Gasteiger partial charge in [0.2, 0.25) is 0 Å². The Morgan fingerprint density at radius 1 is 1.39 bits per heavy atom. The van der Waals surface area contributed by atoms with Crippen LogP contribution in [0.15, 0.2) is 4.99 Å². The molecule has 2 heterocycles. The van der Waals surface area contributed by atoms with Crippen LogP contribution in [0.1, 0.15) is 45.3 Å². The van der Waals surface area contributed by atoms with E-state index >= 15 is 0 Å². The van der Waals surface area contributed by atoms with Crippen LogP contribution in [0.4, 0.5) is 0 Å². The van der Waals surface area contributed by atoms with Gasteiger partial charge < -0.3 is 15.6 Å². The standard InChI is InChI=1S/C12H22N6/c1-12(2,3)15-11(13)14-8-10-17-16-9-6-4-5-7-18(9)10/h4-8H2,1-3H3,(H3,13,14,15). The van der Waals surface area contributed by atoms with Gasteiger partial charge in [-0.3, -0.25) is 0 Å². The summed E-state index contributed by atoms with van der Waals surface area (Å²) in [4.78, 5) is 4.32. The molecule has 0 fully saturated rings. The third-order valence-corrected chi connectivity index (χ3v) is 2.83. The predicted octanol–water partition coefficient (Wildman–Crippen LogP) is 0.817. The van der Waals surface area contributed by atoms with Crippen LogP contribution in [-0.2, 0) is 19.5 Å². The maximum atomic E-state index is 5.83. The normalized spacial score (nSPS) is 16.5. The van der Waals surface area contributed by atoms with Crippen molar-refractivity contribution in [2.45, 2.75) is 58.7 Å². The van der Waals surface area contributed by atoms with Gasteiger partial charge in [-0.15, -0.1) is 10.2 Å². The molecule has 0 amide bonds. The smallest absolute Gasteiger partial charge is 0.189 e.